The van der Waals surface area contributed by atoms with E-state index in [2.05, 4.69) is 23.3 Å². The highest BCUT2D eigenvalue weighted by atomic mass is 32.1. The van der Waals surface area contributed by atoms with Gasteiger partial charge in [-0.1, -0.05) is 12.1 Å². The van der Waals surface area contributed by atoms with Crippen LogP contribution in [0.1, 0.15) is 22.8 Å². The quantitative estimate of drug-likeness (QED) is 0.540. The van der Waals surface area contributed by atoms with Gasteiger partial charge in [-0.05, 0) is 17.7 Å². The average molecular weight is 252 g/mol. The molecule has 0 bridgehead atoms. The van der Waals surface area contributed by atoms with Crippen molar-refractivity contribution < 1.29 is 9.59 Å². The molecule has 0 heterocycles. The molecule has 0 spiro atoms. The van der Waals surface area contributed by atoms with Gasteiger partial charge in [-0.3, -0.25) is 9.59 Å². The Hall–Kier alpha value is -1.49. The van der Waals surface area contributed by atoms with Crippen LogP contribution in [-0.2, 0) is 10.5 Å². The zero-order valence-corrected chi connectivity index (χ0v) is 10.6. The lowest BCUT2D eigenvalue weighted by Crippen LogP contribution is -2.33. The second-order valence-corrected chi connectivity index (χ2v) is 3.91. The Morgan fingerprint density at radius 3 is 2.24 bits per heavy atom. The molecular weight excluding hydrogens is 236 g/mol. The van der Waals surface area contributed by atoms with Gasteiger partial charge >= 0.3 is 0 Å². The molecule has 2 N–H and O–H groups in total. The number of benzene rings is 1. The first-order valence-corrected chi connectivity index (χ1v) is 5.99. The summed E-state index contributed by atoms with van der Waals surface area (Å²) in [6.45, 7) is 2.31. The molecule has 0 radical (unpaired) electrons. The van der Waals surface area contributed by atoms with Crippen molar-refractivity contribution in [3.8, 4) is 0 Å². The molecule has 2 amide bonds. The van der Waals surface area contributed by atoms with Crippen LogP contribution in [0.4, 0.5) is 0 Å². The zero-order chi connectivity index (χ0) is 12.7. The maximum absolute atomic E-state index is 11.6. The predicted molar refractivity (Wildman–Crippen MR) is 70.1 cm³/mol. The van der Waals surface area contributed by atoms with E-state index in [9.17, 15) is 9.59 Å². The lowest BCUT2D eigenvalue weighted by Gasteiger charge is -2.06. The van der Waals surface area contributed by atoms with Crippen molar-refractivity contribution in [3.63, 3.8) is 0 Å². The minimum atomic E-state index is -0.138. The minimum Gasteiger partial charge on any atom is -0.355 e. The Labute approximate surface area is 106 Å². The van der Waals surface area contributed by atoms with Crippen molar-refractivity contribution in [1.82, 2.24) is 10.6 Å². The Kier molecular flexibility index (Phi) is 5.56. The van der Waals surface area contributed by atoms with Crippen molar-refractivity contribution in [2.24, 2.45) is 0 Å². The fourth-order valence-corrected chi connectivity index (χ4v) is 1.49. The van der Waals surface area contributed by atoms with Gasteiger partial charge in [-0.15, -0.1) is 0 Å². The number of carbonyl (C=O) groups excluding carboxylic acids is 2. The van der Waals surface area contributed by atoms with E-state index in [1.165, 1.54) is 6.92 Å². The van der Waals surface area contributed by atoms with Crippen LogP contribution in [0, 0.1) is 0 Å². The third-order valence-corrected chi connectivity index (χ3v) is 2.55. The molecule has 0 aliphatic heterocycles. The Morgan fingerprint density at radius 1 is 1.12 bits per heavy atom. The van der Waals surface area contributed by atoms with E-state index in [1.807, 2.05) is 12.1 Å². The molecular formula is C12H16N2O2S. The third kappa shape index (κ3) is 4.91. The Bertz CT molecular complexity index is 390. The normalized spacial score (nSPS) is 9.76. The van der Waals surface area contributed by atoms with Crippen LogP contribution in [-0.4, -0.2) is 24.9 Å². The second kappa shape index (κ2) is 6.96. The first-order chi connectivity index (χ1) is 8.13. The molecule has 4 nitrogen and oxygen atoms in total. The molecule has 0 saturated heterocycles. The zero-order valence-electron chi connectivity index (χ0n) is 9.69. The molecule has 1 aromatic carbocycles. The summed E-state index contributed by atoms with van der Waals surface area (Å²) in [7, 11) is 0. The smallest absolute Gasteiger partial charge is 0.251 e. The van der Waals surface area contributed by atoms with E-state index in [-0.39, 0.29) is 11.8 Å². The highest BCUT2D eigenvalue weighted by molar-refractivity contribution is 7.79. The summed E-state index contributed by atoms with van der Waals surface area (Å²) >= 11 is 4.14. The summed E-state index contributed by atoms with van der Waals surface area (Å²) in [5, 5.41) is 5.33. The van der Waals surface area contributed by atoms with E-state index in [4.69, 9.17) is 0 Å². The predicted octanol–water partition coefficient (Wildman–Crippen LogP) is 0.982. The summed E-state index contributed by atoms with van der Waals surface area (Å²) in [4.78, 5) is 22.2. The molecule has 1 rings (SSSR count). The highest BCUT2D eigenvalue weighted by Gasteiger charge is 2.03. The van der Waals surface area contributed by atoms with Gasteiger partial charge in [-0.2, -0.15) is 12.6 Å². The SMILES string of the molecule is CC(=O)NCCNC(=O)c1ccc(CS)cc1. The van der Waals surface area contributed by atoms with Gasteiger partial charge in [0, 0.05) is 31.3 Å². The van der Waals surface area contributed by atoms with Crippen LogP contribution in [0.25, 0.3) is 0 Å². The highest BCUT2D eigenvalue weighted by Crippen LogP contribution is 2.06. The van der Waals surface area contributed by atoms with Crippen LogP contribution < -0.4 is 10.6 Å². The van der Waals surface area contributed by atoms with Crippen LogP contribution in [0.15, 0.2) is 24.3 Å². The fourth-order valence-electron chi connectivity index (χ4n) is 1.28. The standard InChI is InChI=1S/C12H16N2O2S/c1-9(15)13-6-7-14-12(16)11-4-2-10(8-17)3-5-11/h2-5,17H,6-8H2,1H3,(H,13,15)(H,14,16). The van der Waals surface area contributed by atoms with Crippen molar-refractivity contribution in [1.29, 1.82) is 0 Å². The minimum absolute atomic E-state index is 0.0996. The van der Waals surface area contributed by atoms with E-state index >= 15 is 0 Å². The molecule has 0 atom stereocenters. The maximum Gasteiger partial charge on any atom is 0.251 e. The van der Waals surface area contributed by atoms with Crippen molar-refractivity contribution in [2.75, 3.05) is 13.1 Å². The van der Waals surface area contributed by atoms with E-state index < -0.39 is 0 Å². The van der Waals surface area contributed by atoms with E-state index in [0.717, 1.165) is 5.56 Å². The Balaban J connectivity index is 2.38. The second-order valence-electron chi connectivity index (χ2n) is 3.59. The third-order valence-electron chi connectivity index (χ3n) is 2.18. The average Bonchev–Trinajstić information content (AvgIpc) is 2.34. The van der Waals surface area contributed by atoms with Gasteiger partial charge in [0.05, 0.1) is 0 Å². The van der Waals surface area contributed by atoms with Crippen LogP contribution in [0.5, 0.6) is 0 Å². The molecule has 0 unspecified atom stereocenters. The number of amides is 2. The van der Waals surface area contributed by atoms with Gasteiger partial charge < -0.3 is 10.6 Å². The summed E-state index contributed by atoms with van der Waals surface area (Å²) in [5.41, 5.74) is 1.68. The topological polar surface area (TPSA) is 58.2 Å². The molecule has 0 aliphatic rings. The van der Waals surface area contributed by atoms with Crippen LogP contribution >= 0.6 is 12.6 Å². The van der Waals surface area contributed by atoms with Gasteiger partial charge in [0.15, 0.2) is 0 Å². The molecule has 0 fully saturated rings. The summed E-state index contributed by atoms with van der Waals surface area (Å²) in [6.07, 6.45) is 0. The van der Waals surface area contributed by atoms with E-state index in [0.29, 0.717) is 24.4 Å². The molecule has 0 aliphatic carbocycles. The summed E-state index contributed by atoms with van der Waals surface area (Å²) in [6, 6.07) is 7.27. The van der Waals surface area contributed by atoms with Crippen LogP contribution in [0.2, 0.25) is 0 Å². The fraction of sp³-hybridized carbons (Fsp3) is 0.333. The first-order valence-electron chi connectivity index (χ1n) is 5.36. The lowest BCUT2D eigenvalue weighted by atomic mass is 10.1. The summed E-state index contributed by atoms with van der Waals surface area (Å²) < 4.78 is 0. The van der Waals surface area contributed by atoms with Crippen LogP contribution in [0.3, 0.4) is 0 Å². The maximum atomic E-state index is 11.6. The number of carbonyl (C=O) groups is 2. The van der Waals surface area contributed by atoms with Crippen molar-refractivity contribution in [2.45, 2.75) is 12.7 Å². The first kappa shape index (κ1) is 13.6. The molecule has 0 aromatic heterocycles. The number of rotatable bonds is 5. The summed E-state index contributed by atoms with van der Waals surface area (Å²) in [5.74, 6) is 0.420. The van der Waals surface area contributed by atoms with Crippen molar-refractivity contribution >= 4 is 24.4 Å². The molecule has 0 saturated carbocycles. The van der Waals surface area contributed by atoms with Gasteiger partial charge in [0.25, 0.3) is 5.91 Å². The van der Waals surface area contributed by atoms with E-state index in [1.54, 1.807) is 12.1 Å². The monoisotopic (exact) mass is 252 g/mol. The number of nitrogens with one attached hydrogen (secondary N) is 2. The largest absolute Gasteiger partial charge is 0.355 e. The Morgan fingerprint density at radius 2 is 1.71 bits per heavy atom. The molecule has 1 aromatic rings. The van der Waals surface area contributed by atoms with Gasteiger partial charge in [0.1, 0.15) is 0 Å². The number of hydrogen-bond acceptors (Lipinski definition) is 3. The van der Waals surface area contributed by atoms with Gasteiger partial charge in [-0.25, -0.2) is 0 Å². The van der Waals surface area contributed by atoms with Crippen molar-refractivity contribution in [3.05, 3.63) is 35.4 Å². The number of hydrogen-bond donors (Lipinski definition) is 3. The lowest BCUT2D eigenvalue weighted by molar-refractivity contribution is -0.118. The molecule has 5 heteroatoms. The molecule has 92 valence electrons. The molecule has 17 heavy (non-hydrogen) atoms. The number of thiol groups is 1. The van der Waals surface area contributed by atoms with Gasteiger partial charge in [0.2, 0.25) is 5.91 Å².